The van der Waals surface area contributed by atoms with Crippen molar-refractivity contribution >= 4 is 5.69 Å². The zero-order valence-corrected chi connectivity index (χ0v) is 14.0. The highest BCUT2D eigenvalue weighted by atomic mass is 16.1. The molecule has 0 unspecified atom stereocenters. The smallest absolute Gasteiger partial charge is 0.255 e. The van der Waals surface area contributed by atoms with E-state index >= 15 is 0 Å². The maximum absolute atomic E-state index is 12.6. The summed E-state index contributed by atoms with van der Waals surface area (Å²) < 4.78 is 0. The highest BCUT2D eigenvalue weighted by Gasteiger charge is 2.22. The lowest BCUT2D eigenvalue weighted by atomic mass is 10.1. The van der Waals surface area contributed by atoms with Crippen LogP contribution in [-0.2, 0) is 19.5 Å². The summed E-state index contributed by atoms with van der Waals surface area (Å²) in [5.41, 5.74) is 10.9. The van der Waals surface area contributed by atoms with Crippen molar-refractivity contribution in [2.24, 2.45) is 0 Å². The first-order valence-electron chi connectivity index (χ1n) is 8.29. The fraction of sp³-hybridized carbons (Fsp3) is 0.278. The predicted molar refractivity (Wildman–Crippen MR) is 95.8 cm³/mol. The van der Waals surface area contributed by atoms with Crippen LogP contribution in [0.15, 0.2) is 35.4 Å². The van der Waals surface area contributed by atoms with E-state index in [1.165, 1.54) is 0 Å². The largest absolute Gasteiger partial charge is 0.399 e. The van der Waals surface area contributed by atoms with E-state index in [-0.39, 0.29) is 5.56 Å². The molecular weight excluding hydrogens is 316 g/mol. The summed E-state index contributed by atoms with van der Waals surface area (Å²) in [6.45, 7) is 4.18. The number of benzene rings is 1. The number of imidazole rings is 1. The van der Waals surface area contributed by atoms with E-state index in [9.17, 15) is 4.79 Å². The Labute approximate surface area is 144 Å². The van der Waals surface area contributed by atoms with Gasteiger partial charge in [0.2, 0.25) is 0 Å². The van der Waals surface area contributed by atoms with Gasteiger partial charge in [0.1, 0.15) is 5.82 Å². The van der Waals surface area contributed by atoms with Crippen LogP contribution >= 0.6 is 0 Å². The molecule has 25 heavy (non-hydrogen) atoms. The molecular formula is C18H20N6O. The Bertz CT molecular complexity index is 956. The van der Waals surface area contributed by atoms with Crippen molar-refractivity contribution < 1.29 is 0 Å². The van der Waals surface area contributed by atoms with Gasteiger partial charge >= 0.3 is 0 Å². The van der Waals surface area contributed by atoms with Crippen LogP contribution in [0, 0.1) is 6.92 Å². The normalized spacial score (nSPS) is 14.4. The van der Waals surface area contributed by atoms with Gasteiger partial charge in [0, 0.05) is 43.0 Å². The molecule has 128 valence electrons. The van der Waals surface area contributed by atoms with E-state index in [0.29, 0.717) is 18.1 Å². The molecule has 0 aliphatic carbocycles. The minimum atomic E-state index is -0.0692. The van der Waals surface area contributed by atoms with E-state index in [2.05, 4.69) is 24.8 Å². The molecule has 0 spiro atoms. The lowest BCUT2D eigenvalue weighted by molar-refractivity contribution is 0.239. The maximum Gasteiger partial charge on any atom is 0.255 e. The van der Waals surface area contributed by atoms with Crippen molar-refractivity contribution in [3.63, 3.8) is 0 Å². The molecule has 7 heteroatoms. The highest BCUT2D eigenvalue weighted by molar-refractivity contribution is 5.58. The van der Waals surface area contributed by atoms with Crippen molar-refractivity contribution in [1.82, 2.24) is 24.8 Å². The van der Waals surface area contributed by atoms with Gasteiger partial charge in [-0.1, -0.05) is 0 Å². The first-order valence-corrected chi connectivity index (χ1v) is 8.29. The number of rotatable bonds is 3. The number of nitrogens with two attached hydrogens (primary N) is 1. The second-order valence-corrected chi connectivity index (χ2v) is 6.40. The summed E-state index contributed by atoms with van der Waals surface area (Å²) in [5.74, 6) is 0.598. The molecule has 1 aliphatic rings. The third-order valence-corrected chi connectivity index (χ3v) is 4.64. The SMILES string of the molecule is Cc1[nH]cnc1CN1CCc2nc(-c3ccc(N)cc3)[nH]c(=O)c2C1. The summed E-state index contributed by atoms with van der Waals surface area (Å²) in [6.07, 6.45) is 2.46. The van der Waals surface area contributed by atoms with E-state index in [4.69, 9.17) is 5.73 Å². The number of nitrogen functional groups attached to an aromatic ring is 1. The molecule has 3 heterocycles. The van der Waals surface area contributed by atoms with Crippen LogP contribution in [0.2, 0.25) is 0 Å². The third-order valence-electron chi connectivity index (χ3n) is 4.64. The number of H-pyrrole nitrogens is 2. The Kier molecular flexibility index (Phi) is 3.85. The number of aromatic nitrogens is 4. The summed E-state index contributed by atoms with van der Waals surface area (Å²) in [4.78, 5) is 29.8. The Morgan fingerprint density at radius 2 is 2.08 bits per heavy atom. The van der Waals surface area contributed by atoms with Gasteiger partial charge in [-0.3, -0.25) is 9.69 Å². The van der Waals surface area contributed by atoms with Crippen LogP contribution in [0.25, 0.3) is 11.4 Å². The van der Waals surface area contributed by atoms with Gasteiger partial charge in [-0.2, -0.15) is 0 Å². The summed E-state index contributed by atoms with van der Waals surface area (Å²) in [6, 6.07) is 7.36. The minimum absolute atomic E-state index is 0.0692. The number of nitrogens with zero attached hydrogens (tertiary/aromatic N) is 3. The second kappa shape index (κ2) is 6.18. The molecule has 2 aromatic heterocycles. The number of fused-ring (bicyclic) bond motifs is 1. The van der Waals surface area contributed by atoms with Crippen LogP contribution in [0.1, 0.15) is 22.6 Å². The number of anilines is 1. The molecule has 3 aromatic rings. The van der Waals surface area contributed by atoms with Gasteiger partial charge in [-0.25, -0.2) is 9.97 Å². The van der Waals surface area contributed by atoms with Crippen LogP contribution in [0.3, 0.4) is 0 Å². The molecule has 4 N–H and O–H groups in total. The van der Waals surface area contributed by atoms with Crippen LogP contribution in [0.5, 0.6) is 0 Å². The van der Waals surface area contributed by atoms with Gasteiger partial charge in [0.25, 0.3) is 5.56 Å². The molecule has 0 saturated heterocycles. The lowest BCUT2D eigenvalue weighted by Crippen LogP contribution is -2.35. The molecule has 0 atom stereocenters. The topological polar surface area (TPSA) is 104 Å². The monoisotopic (exact) mass is 336 g/mol. The van der Waals surface area contributed by atoms with E-state index in [1.807, 2.05) is 31.2 Å². The average Bonchev–Trinajstić information content (AvgIpc) is 3.01. The van der Waals surface area contributed by atoms with Gasteiger partial charge < -0.3 is 15.7 Å². The Morgan fingerprint density at radius 3 is 2.80 bits per heavy atom. The summed E-state index contributed by atoms with van der Waals surface area (Å²) in [5, 5.41) is 0. The average molecular weight is 336 g/mol. The molecule has 7 nitrogen and oxygen atoms in total. The summed E-state index contributed by atoms with van der Waals surface area (Å²) >= 11 is 0. The first-order chi connectivity index (χ1) is 12.1. The number of aryl methyl sites for hydroxylation is 1. The van der Waals surface area contributed by atoms with Gasteiger partial charge in [0.15, 0.2) is 0 Å². The van der Waals surface area contributed by atoms with Crippen LogP contribution in [-0.4, -0.2) is 31.4 Å². The number of nitrogens with one attached hydrogen (secondary N) is 2. The summed E-state index contributed by atoms with van der Waals surface area (Å²) in [7, 11) is 0. The molecule has 0 fully saturated rings. The number of hydrogen-bond donors (Lipinski definition) is 3. The third kappa shape index (κ3) is 3.06. The zero-order chi connectivity index (χ0) is 17.4. The second-order valence-electron chi connectivity index (χ2n) is 6.40. The van der Waals surface area contributed by atoms with Crippen LogP contribution < -0.4 is 11.3 Å². The molecule has 1 aliphatic heterocycles. The van der Waals surface area contributed by atoms with E-state index in [1.54, 1.807) is 6.33 Å². The van der Waals surface area contributed by atoms with E-state index < -0.39 is 0 Å². The lowest BCUT2D eigenvalue weighted by Gasteiger charge is -2.27. The Balaban J connectivity index is 1.60. The van der Waals surface area contributed by atoms with Gasteiger partial charge in [-0.15, -0.1) is 0 Å². The van der Waals surface area contributed by atoms with Crippen molar-refractivity contribution in [2.75, 3.05) is 12.3 Å². The highest BCUT2D eigenvalue weighted by Crippen LogP contribution is 2.20. The van der Waals surface area contributed by atoms with Crippen molar-refractivity contribution in [3.05, 3.63) is 63.6 Å². The predicted octanol–water partition coefficient (Wildman–Crippen LogP) is 1.61. The first kappa shape index (κ1) is 15.6. The molecule has 0 radical (unpaired) electrons. The molecule has 0 saturated carbocycles. The fourth-order valence-electron chi connectivity index (χ4n) is 3.15. The molecule has 0 bridgehead atoms. The standard InChI is InChI=1S/C18H20N6O/c1-11-16(21-10-20-11)9-24-7-6-15-14(8-24)18(25)23-17(22-15)12-2-4-13(19)5-3-12/h2-5,10H,6-9,19H2,1H3,(H,20,21)(H,22,23,25). The van der Waals surface area contributed by atoms with Crippen LogP contribution in [0.4, 0.5) is 5.69 Å². The molecule has 4 rings (SSSR count). The number of hydrogen-bond acceptors (Lipinski definition) is 5. The van der Waals surface area contributed by atoms with E-state index in [0.717, 1.165) is 47.7 Å². The van der Waals surface area contributed by atoms with Gasteiger partial charge in [0.05, 0.1) is 23.3 Å². The Hall–Kier alpha value is -2.93. The maximum atomic E-state index is 12.6. The van der Waals surface area contributed by atoms with Crippen molar-refractivity contribution in [3.8, 4) is 11.4 Å². The molecule has 0 amide bonds. The van der Waals surface area contributed by atoms with Crippen molar-refractivity contribution in [2.45, 2.75) is 26.4 Å². The Morgan fingerprint density at radius 1 is 1.28 bits per heavy atom. The zero-order valence-electron chi connectivity index (χ0n) is 14.0. The van der Waals surface area contributed by atoms with Gasteiger partial charge in [-0.05, 0) is 31.2 Å². The molecule has 1 aromatic carbocycles. The fourth-order valence-corrected chi connectivity index (χ4v) is 3.15. The van der Waals surface area contributed by atoms with Crippen molar-refractivity contribution in [1.29, 1.82) is 0 Å². The number of aromatic amines is 2. The quantitative estimate of drug-likeness (QED) is 0.630. The minimum Gasteiger partial charge on any atom is -0.399 e.